The lowest BCUT2D eigenvalue weighted by Crippen LogP contribution is -2.54. The van der Waals surface area contributed by atoms with Crippen molar-refractivity contribution in [3.8, 4) is 0 Å². The number of aliphatic hydroxyl groups is 1. The van der Waals surface area contributed by atoms with Crippen LogP contribution in [0, 0.1) is 11.3 Å². The lowest BCUT2D eigenvalue weighted by atomic mass is 9.70. The molecule has 0 aromatic carbocycles. The first-order chi connectivity index (χ1) is 8.35. The van der Waals surface area contributed by atoms with E-state index in [4.69, 9.17) is 10.8 Å². The van der Waals surface area contributed by atoms with Crippen molar-refractivity contribution in [2.75, 3.05) is 13.2 Å². The fraction of sp³-hybridized carbons (Fsp3) is 0.929. The summed E-state index contributed by atoms with van der Waals surface area (Å²) in [5.74, 6) is 0.762. The summed E-state index contributed by atoms with van der Waals surface area (Å²) in [6.07, 6.45) is 4.48. The van der Waals surface area contributed by atoms with Crippen LogP contribution >= 0.6 is 0 Å². The molecule has 0 saturated heterocycles. The average Bonchev–Trinajstić information content (AvgIpc) is 2.29. The second kappa shape index (κ2) is 6.02. The van der Waals surface area contributed by atoms with Crippen LogP contribution in [0.5, 0.6) is 0 Å². The molecule has 18 heavy (non-hydrogen) atoms. The summed E-state index contributed by atoms with van der Waals surface area (Å²) in [5, 5.41) is 12.1. The molecule has 4 nitrogen and oxygen atoms in total. The van der Waals surface area contributed by atoms with Crippen molar-refractivity contribution < 1.29 is 9.90 Å². The normalized spacial score (nSPS) is 29.1. The van der Waals surface area contributed by atoms with Gasteiger partial charge in [-0.25, -0.2) is 0 Å². The Bertz CT molecular complexity index is 282. The lowest BCUT2D eigenvalue weighted by molar-refractivity contribution is -0.134. The maximum atomic E-state index is 12.5. The van der Waals surface area contributed by atoms with Gasteiger partial charge in [-0.05, 0) is 51.9 Å². The molecule has 106 valence electrons. The second-order valence-electron chi connectivity index (χ2n) is 6.48. The van der Waals surface area contributed by atoms with Crippen molar-refractivity contribution in [3.05, 3.63) is 0 Å². The number of carbonyl (C=O) groups excluding carboxylic acids is 1. The number of hydrogen-bond acceptors (Lipinski definition) is 3. The molecule has 0 spiro atoms. The monoisotopic (exact) mass is 256 g/mol. The summed E-state index contributed by atoms with van der Waals surface area (Å²) >= 11 is 0. The molecule has 0 aromatic heterocycles. The number of nitrogens with two attached hydrogens (primary N) is 1. The Kier molecular flexibility index (Phi) is 5.17. The van der Waals surface area contributed by atoms with Crippen molar-refractivity contribution >= 4 is 5.91 Å². The van der Waals surface area contributed by atoms with Crippen molar-refractivity contribution in [2.24, 2.45) is 17.1 Å². The predicted octanol–water partition coefficient (Wildman–Crippen LogP) is 1.42. The van der Waals surface area contributed by atoms with Crippen molar-refractivity contribution in [2.45, 2.75) is 58.4 Å². The van der Waals surface area contributed by atoms with Crippen molar-refractivity contribution in [1.82, 2.24) is 5.32 Å². The van der Waals surface area contributed by atoms with Gasteiger partial charge in [0, 0.05) is 18.7 Å². The van der Waals surface area contributed by atoms with Gasteiger partial charge in [-0.15, -0.1) is 0 Å². The van der Waals surface area contributed by atoms with Crippen LogP contribution in [0.1, 0.15) is 52.9 Å². The number of aliphatic hydroxyl groups excluding tert-OH is 1. The number of rotatable bonds is 5. The van der Waals surface area contributed by atoms with Gasteiger partial charge >= 0.3 is 0 Å². The molecule has 0 unspecified atom stereocenters. The van der Waals surface area contributed by atoms with E-state index in [1.807, 2.05) is 13.8 Å². The van der Waals surface area contributed by atoms with Crippen LogP contribution in [0.25, 0.3) is 0 Å². The number of carbonyl (C=O) groups is 1. The summed E-state index contributed by atoms with van der Waals surface area (Å²) in [6.45, 7) is 6.61. The molecule has 1 amide bonds. The number of amides is 1. The molecule has 4 N–H and O–H groups in total. The zero-order chi connectivity index (χ0) is 13.8. The van der Waals surface area contributed by atoms with Crippen LogP contribution in [0.3, 0.4) is 0 Å². The molecule has 0 aliphatic heterocycles. The molecule has 0 radical (unpaired) electrons. The van der Waals surface area contributed by atoms with Crippen molar-refractivity contribution in [3.63, 3.8) is 0 Å². The van der Waals surface area contributed by atoms with E-state index < -0.39 is 0 Å². The van der Waals surface area contributed by atoms with Gasteiger partial charge in [-0.2, -0.15) is 0 Å². The average molecular weight is 256 g/mol. The molecule has 1 saturated carbocycles. The first-order valence-electron chi connectivity index (χ1n) is 6.99. The first-order valence-corrected chi connectivity index (χ1v) is 6.99. The molecule has 1 rings (SSSR count). The third kappa shape index (κ3) is 3.69. The minimum atomic E-state index is -0.390. The number of nitrogens with one attached hydrogen (secondary N) is 1. The molecule has 0 aromatic rings. The fourth-order valence-corrected chi connectivity index (χ4v) is 2.62. The van der Waals surface area contributed by atoms with Crippen LogP contribution in [0.4, 0.5) is 0 Å². The zero-order valence-corrected chi connectivity index (χ0v) is 12.0. The van der Waals surface area contributed by atoms with E-state index in [1.165, 1.54) is 0 Å². The molecule has 0 heterocycles. The highest BCUT2D eigenvalue weighted by Crippen LogP contribution is 2.38. The van der Waals surface area contributed by atoms with Gasteiger partial charge in [-0.1, -0.05) is 6.92 Å². The minimum absolute atomic E-state index is 0.0651. The Morgan fingerprint density at radius 3 is 2.44 bits per heavy atom. The highest BCUT2D eigenvalue weighted by molar-refractivity contribution is 5.83. The van der Waals surface area contributed by atoms with Gasteiger partial charge < -0.3 is 16.2 Å². The summed E-state index contributed by atoms with van der Waals surface area (Å²) < 4.78 is 0. The maximum Gasteiger partial charge on any atom is 0.227 e. The van der Waals surface area contributed by atoms with Gasteiger partial charge in [-0.3, -0.25) is 4.79 Å². The largest absolute Gasteiger partial charge is 0.396 e. The highest BCUT2D eigenvalue weighted by atomic mass is 16.3. The van der Waals surface area contributed by atoms with Gasteiger partial charge in [0.2, 0.25) is 5.91 Å². The van der Waals surface area contributed by atoms with E-state index >= 15 is 0 Å². The van der Waals surface area contributed by atoms with Gasteiger partial charge in [0.05, 0.1) is 5.41 Å². The third-order valence-corrected chi connectivity index (χ3v) is 4.29. The SMILES string of the molecule is CC1CCC(CN)(C(=O)NC(C)(C)CCO)CC1. The van der Waals surface area contributed by atoms with Crippen LogP contribution in [-0.2, 0) is 4.79 Å². The third-order valence-electron chi connectivity index (χ3n) is 4.29. The maximum absolute atomic E-state index is 12.5. The molecule has 1 aliphatic carbocycles. The van der Waals surface area contributed by atoms with Gasteiger partial charge in [0.15, 0.2) is 0 Å². The Labute approximate surface area is 110 Å². The summed E-state index contributed by atoms with van der Waals surface area (Å²) in [5.41, 5.74) is 5.11. The summed E-state index contributed by atoms with van der Waals surface area (Å²) in [7, 11) is 0. The van der Waals surface area contributed by atoms with E-state index in [0.29, 0.717) is 18.9 Å². The molecule has 0 atom stereocenters. The number of hydrogen-bond donors (Lipinski definition) is 3. The molecule has 1 aliphatic rings. The van der Waals surface area contributed by atoms with Crippen LogP contribution in [-0.4, -0.2) is 29.7 Å². The van der Waals surface area contributed by atoms with Crippen LogP contribution in [0.2, 0.25) is 0 Å². The summed E-state index contributed by atoms with van der Waals surface area (Å²) in [6, 6.07) is 0. The lowest BCUT2D eigenvalue weighted by Gasteiger charge is -2.39. The van der Waals surface area contributed by atoms with E-state index in [9.17, 15) is 4.79 Å². The molecular formula is C14H28N2O2. The van der Waals surface area contributed by atoms with E-state index in [1.54, 1.807) is 0 Å². The van der Waals surface area contributed by atoms with E-state index in [-0.39, 0.29) is 23.5 Å². The fourth-order valence-electron chi connectivity index (χ4n) is 2.62. The predicted molar refractivity (Wildman–Crippen MR) is 73.0 cm³/mol. The van der Waals surface area contributed by atoms with Gasteiger partial charge in [0.1, 0.15) is 0 Å². The quantitative estimate of drug-likeness (QED) is 0.696. The highest BCUT2D eigenvalue weighted by Gasteiger charge is 2.41. The second-order valence-corrected chi connectivity index (χ2v) is 6.48. The molecular weight excluding hydrogens is 228 g/mol. The Hall–Kier alpha value is -0.610. The summed E-state index contributed by atoms with van der Waals surface area (Å²) in [4.78, 5) is 12.5. The standard InChI is InChI=1S/C14H28N2O2/c1-11-4-6-14(10-15,7-5-11)12(18)16-13(2,3)8-9-17/h11,17H,4-10,15H2,1-3H3,(H,16,18). The topological polar surface area (TPSA) is 75.4 Å². The van der Waals surface area contributed by atoms with E-state index in [0.717, 1.165) is 25.7 Å². The van der Waals surface area contributed by atoms with Gasteiger partial charge in [0.25, 0.3) is 0 Å². The zero-order valence-electron chi connectivity index (χ0n) is 12.0. The van der Waals surface area contributed by atoms with Crippen molar-refractivity contribution in [1.29, 1.82) is 0 Å². The smallest absolute Gasteiger partial charge is 0.227 e. The minimum Gasteiger partial charge on any atom is -0.396 e. The molecule has 4 heteroatoms. The van der Waals surface area contributed by atoms with E-state index in [2.05, 4.69) is 12.2 Å². The Morgan fingerprint density at radius 2 is 2.00 bits per heavy atom. The Morgan fingerprint density at radius 1 is 1.44 bits per heavy atom. The molecule has 1 fully saturated rings. The molecule has 0 bridgehead atoms. The van der Waals surface area contributed by atoms with Crippen LogP contribution in [0.15, 0.2) is 0 Å². The Balaban J connectivity index is 2.68. The van der Waals surface area contributed by atoms with Crippen LogP contribution < -0.4 is 11.1 Å². The first kappa shape index (κ1) is 15.4.